The second-order valence-electron chi connectivity index (χ2n) is 7.82. The number of morpholine rings is 1. The van der Waals surface area contributed by atoms with Crippen LogP contribution in [0.3, 0.4) is 0 Å². The first-order chi connectivity index (χ1) is 15.0. The zero-order chi connectivity index (χ0) is 22.4. The second kappa shape index (κ2) is 11.2. The van der Waals surface area contributed by atoms with E-state index in [-0.39, 0.29) is 5.91 Å². The van der Waals surface area contributed by atoms with Crippen LogP contribution in [0.4, 0.5) is 0 Å². The van der Waals surface area contributed by atoms with E-state index in [0.717, 1.165) is 54.9 Å². The van der Waals surface area contributed by atoms with Crippen molar-refractivity contribution in [3.8, 4) is 5.88 Å². The summed E-state index contributed by atoms with van der Waals surface area (Å²) in [4.78, 5) is 26.0. The molecule has 1 unspecified atom stereocenters. The van der Waals surface area contributed by atoms with E-state index in [1.807, 2.05) is 6.92 Å². The standard InChI is InChI=1S/C22H34N4O4S/c1-6-15(7-2)16(26-8-10-30-11-9-26)12-23-20(27)19-14(3)18-21(29-5)24-17(13-28-4)25-22(18)31-19/h15-16H,6-13H2,1-5H3,(H,23,27). The summed E-state index contributed by atoms with van der Waals surface area (Å²) in [7, 11) is 3.18. The molecule has 31 heavy (non-hydrogen) atoms. The van der Waals surface area contributed by atoms with Gasteiger partial charge in [-0.2, -0.15) is 4.98 Å². The van der Waals surface area contributed by atoms with Crippen molar-refractivity contribution in [2.24, 2.45) is 5.92 Å². The average Bonchev–Trinajstić information content (AvgIpc) is 3.13. The van der Waals surface area contributed by atoms with Gasteiger partial charge >= 0.3 is 0 Å². The van der Waals surface area contributed by atoms with E-state index in [2.05, 4.69) is 34.0 Å². The number of nitrogens with zero attached hydrogens (tertiary/aromatic N) is 3. The van der Waals surface area contributed by atoms with Crippen molar-refractivity contribution in [3.63, 3.8) is 0 Å². The molecule has 1 amide bonds. The Hall–Kier alpha value is -1.81. The largest absolute Gasteiger partial charge is 0.480 e. The molecule has 3 rings (SSSR count). The Kier molecular flexibility index (Phi) is 8.59. The number of thiophene rings is 1. The van der Waals surface area contributed by atoms with E-state index in [1.54, 1.807) is 14.2 Å². The molecule has 0 spiro atoms. The van der Waals surface area contributed by atoms with E-state index >= 15 is 0 Å². The fourth-order valence-electron chi connectivity index (χ4n) is 4.32. The van der Waals surface area contributed by atoms with Crippen molar-refractivity contribution in [3.05, 3.63) is 16.3 Å². The van der Waals surface area contributed by atoms with E-state index < -0.39 is 0 Å². The number of hydrogen-bond acceptors (Lipinski definition) is 8. The van der Waals surface area contributed by atoms with E-state index in [1.165, 1.54) is 11.3 Å². The summed E-state index contributed by atoms with van der Waals surface area (Å²) in [6.07, 6.45) is 2.18. The van der Waals surface area contributed by atoms with Gasteiger partial charge in [-0.05, 0) is 18.4 Å². The third kappa shape index (κ3) is 5.34. The summed E-state index contributed by atoms with van der Waals surface area (Å²) in [6, 6.07) is 0.306. The van der Waals surface area contributed by atoms with Crippen molar-refractivity contribution in [1.82, 2.24) is 20.2 Å². The number of nitrogens with one attached hydrogen (secondary N) is 1. The van der Waals surface area contributed by atoms with Crippen molar-refractivity contribution >= 4 is 27.5 Å². The van der Waals surface area contributed by atoms with Crippen molar-refractivity contribution in [1.29, 1.82) is 0 Å². The molecule has 3 heterocycles. The lowest BCUT2D eigenvalue weighted by molar-refractivity contribution is 0.00192. The number of rotatable bonds is 10. The van der Waals surface area contributed by atoms with E-state index in [4.69, 9.17) is 14.2 Å². The van der Waals surface area contributed by atoms with Crippen molar-refractivity contribution < 1.29 is 19.0 Å². The number of ether oxygens (including phenoxy) is 3. The van der Waals surface area contributed by atoms with Gasteiger partial charge in [0, 0.05) is 32.8 Å². The Balaban J connectivity index is 1.81. The molecule has 2 aromatic rings. The molecular formula is C22H34N4O4S. The van der Waals surface area contributed by atoms with Gasteiger partial charge in [0.25, 0.3) is 5.91 Å². The lowest BCUT2D eigenvalue weighted by atomic mass is 9.92. The quantitative estimate of drug-likeness (QED) is 0.595. The highest BCUT2D eigenvalue weighted by atomic mass is 32.1. The first kappa shape index (κ1) is 23.8. The number of carbonyl (C=O) groups excluding carboxylic acids is 1. The molecule has 1 fully saturated rings. The minimum absolute atomic E-state index is 0.0694. The lowest BCUT2D eigenvalue weighted by Gasteiger charge is -2.38. The van der Waals surface area contributed by atoms with Gasteiger partial charge in [-0.15, -0.1) is 11.3 Å². The number of hydrogen-bond donors (Lipinski definition) is 1. The Morgan fingerprint density at radius 3 is 2.55 bits per heavy atom. The van der Waals surface area contributed by atoms with Crippen LogP contribution in [0, 0.1) is 12.8 Å². The summed E-state index contributed by atoms with van der Waals surface area (Å²) >= 11 is 1.38. The Bertz CT molecular complexity index is 878. The van der Waals surface area contributed by atoms with E-state index in [0.29, 0.717) is 41.7 Å². The average molecular weight is 451 g/mol. The number of aromatic nitrogens is 2. The topological polar surface area (TPSA) is 85.8 Å². The zero-order valence-corrected chi connectivity index (χ0v) is 20.0. The van der Waals surface area contributed by atoms with Crippen LogP contribution in [0.15, 0.2) is 0 Å². The molecular weight excluding hydrogens is 416 g/mol. The number of methoxy groups -OCH3 is 2. The highest BCUT2D eigenvalue weighted by molar-refractivity contribution is 7.20. The van der Waals surface area contributed by atoms with E-state index in [9.17, 15) is 4.79 Å². The molecule has 0 radical (unpaired) electrons. The Labute approximate surface area is 188 Å². The molecule has 1 atom stereocenters. The number of carbonyl (C=O) groups is 1. The summed E-state index contributed by atoms with van der Waals surface area (Å²) in [5.41, 5.74) is 0.851. The molecule has 9 heteroatoms. The normalized spacial score (nSPS) is 16.1. The molecule has 0 saturated carbocycles. The molecule has 1 aliphatic rings. The predicted molar refractivity (Wildman–Crippen MR) is 122 cm³/mol. The lowest BCUT2D eigenvalue weighted by Crippen LogP contribution is -2.52. The van der Waals surface area contributed by atoms with Crippen LogP contribution in [-0.4, -0.2) is 73.9 Å². The van der Waals surface area contributed by atoms with Crippen molar-refractivity contribution in [2.75, 3.05) is 47.1 Å². The maximum absolute atomic E-state index is 13.2. The van der Waals surface area contributed by atoms with Crippen LogP contribution in [0.1, 0.15) is 47.7 Å². The van der Waals surface area contributed by atoms with Gasteiger partial charge in [0.1, 0.15) is 11.4 Å². The first-order valence-electron chi connectivity index (χ1n) is 11.0. The van der Waals surface area contributed by atoms with Gasteiger partial charge in [-0.3, -0.25) is 9.69 Å². The second-order valence-corrected chi connectivity index (χ2v) is 8.82. The monoisotopic (exact) mass is 450 g/mol. The van der Waals surface area contributed by atoms with Crippen LogP contribution < -0.4 is 10.1 Å². The molecule has 1 aliphatic heterocycles. The summed E-state index contributed by atoms with van der Waals surface area (Å²) in [5, 5.41) is 3.99. The molecule has 0 aromatic carbocycles. The van der Waals surface area contributed by atoms with Gasteiger partial charge < -0.3 is 19.5 Å². The van der Waals surface area contributed by atoms with Gasteiger partial charge in [0.2, 0.25) is 5.88 Å². The van der Waals surface area contributed by atoms with Gasteiger partial charge in [-0.1, -0.05) is 26.7 Å². The minimum atomic E-state index is -0.0694. The smallest absolute Gasteiger partial charge is 0.261 e. The van der Waals surface area contributed by atoms with Gasteiger partial charge in [-0.25, -0.2) is 4.98 Å². The summed E-state index contributed by atoms with van der Waals surface area (Å²) < 4.78 is 16.2. The number of aryl methyl sites for hydroxylation is 1. The third-order valence-electron chi connectivity index (χ3n) is 6.06. The predicted octanol–water partition coefficient (Wildman–Crippen LogP) is 3.02. The number of amides is 1. The molecule has 172 valence electrons. The molecule has 1 N–H and O–H groups in total. The maximum Gasteiger partial charge on any atom is 0.261 e. The molecule has 2 aromatic heterocycles. The Morgan fingerprint density at radius 1 is 1.23 bits per heavy atom. The molecule has 0 bridgehead atoms. The molecule has 0 aliphatic carbocycles. The van der Waals surface area contributed by atoms with Crippen LogP contribution in [0.5, 0.6) is 5.88 Å². The van der Waals surface area contributed by atoms with Crippen LogP contribution >= 0.6 is 11.3 Å². The fourth-order valence-corrected chi connectivity index (χ4v) is 5.42. The molecule has 1 saturated heterocycles. The summed E-state index contributed by atoms with van der Waals surface area (Å²) in [6.45, 7) is 10.6. The van der Waals surface area contributed by atoms with Gasteiger partial charge in [0.05, 0.1) is 30.6 Å². The van der Waals surface area contributed by atoms with Crippen LogP contribution in [0.25, 0.3) is 10.2 Å². The van der Waals surface area contributed by atoms with Crippen molar-refractivity contribution in [2.45, 2.75) is 46.3 Å². The molecule has 8 nitrogen and oxygen atoms in total. The van der Waals surface area contributed by atoms with Gasteiger partial charge in [0.15, 0.2) is 5.82 Å². The maximum atomic E-state index is 13.2. The minimum Gasteiger partial charge on any atom is -0.480 e. The Morgan fingerprint density at radius 2 is 1.94 bits per heavy atom. The summed E-state index contributed by atoms with van der Waals surface area (Å²) in [5.74, 6) is 1.48. The fraction of sp³-hybridized carbons (Fsp3) is 0.682. The highest BCUT2D eigenvalue weighted by Crippen LogP contribution is 2.35. The van der Waals surface area contributed by atoms with Crippen LogP contribution in [0.2, 0.25) is 0 Å². The SMILES string of the molecule is CCC(CC)C(CNC(=O)c1sc2nc(COC)nc(OC)c2c1C)N1CCOCC1. The highest BCUT2D eigenvalue weighted by Gasteiger charge is 2.28. The number of fused-ring (bicyclic) bond motifs is 1. The van der Waals surface area contributed by atoms with Crippen LogP contribution in [-0.2, 0) is 16.1 Å². The zero-order valence-electron chi connectivity index (χ0n) is 19.2. The first-order valence-corrected chi connectivity index (χ1v) is 11.8. The third-order valence-corrected chi connectivity index (χ3v) is 7.24.